The quantitative estimate of drug-likeness (QED) is 0.548. The molecule has 0 bridgehead atoms. The molecular formula is C25H30N2O5. The van der Waals surface area contributed by atoms with Gasteiger partial charge in [0.2, 0.25) is 5.91 Å². The van der Waals surface area contributed by atoms with Crippen molar-refractivity contribution >= 4 is 18.0 Å². The lowest BCUT2D eigenvalue weighted by Gasteiger charge is -2.26. The summed E-state index contributed by atoms with van der Waals surface area (Å²) in [7, 11) is 0. The van der Waals surface area contributed by atoms with Gasteiger partial charge in [0.05, 0.1) is 0 Å². The van der Waals surface area contributed by atoms with E-state index in [0.717, 1.165) is 22.3 Å². The van der Waals surface area contributed by atoms with E-state index < -0.39 is 29.6 Å². The van der Waals surface area contributed by atoms with Gasteiger partial charge in [-0.15, -0.1) is 0 Å². The molecule has 32 heavy (non-hydrogen) atoms. The lowest BCUT2D eigenvalue weighted by Crippen LogP contribution is -2.53. The molecule has 2 atom stereocenters. The average molecular weight is 439 g/mol. The molecule has 0 heterocycles. The minimum atomic E-state index is -1.33. The van der Waals surface area contributed by atoms with E-state index in [1.807, 2.05) is 43.3 Å². The van der Waals surface area contributed by atoms with Crippen molar-refractivity contribution in [2.75, 3.05) is 6.61 Å². The molecule has 0 aromatic heterocycles. The molecule has 1 aliphatic rings. The van der Waals surface area contributed by atoms with Crippen LogP contribution in [0.4, 0.5) is 4.79 Å². The van der Waals surface area contributed by atoms with Crippen LogP contribution in [0.3, 0.4) is 0 Å². The molecule has 3 N–H and O–H groups in total. The molecule has 170 valence electrons. The molecule has 1 aliphatic carbocycles. The highest BCUT2D eigenvalue weighted by molar-refractivity contribution is 5.87. The SMILES string of the molecule is CCC(CC(=O)NC(C)(CC)C(=O)O)NC(=O)OCC1c2ccccc2-c2ccccc21. The molecule has 7 heteroatoms. The molecular weight excluding hydrogens is 408 g/mol. The van der Waals surface area contributed by atoms with Crippen molar-refractivity contribution in [1.29, 1.82) is 0 Å². The van der Waals surface area contributed by atoms with Gasteiger partial charge in [-0.3, -0.25) is 4.79 Å². The highest BCUT2D eigenvalue weighted by atomic mass is 16.5. The van der Waals surface area contributed by atoms with Crippen molar-refractivity contribution in [2.24, 2.45) is 0 Å². The summed E-state index contributed by atoms with van der Waals surface area (Å²) < 4.78 is 5.54. The molecule has 2 amide bonds. The Morgan fingerprint density at radius 1 is 1.03 bits per heavy atom. The van der Waals surface area contributed by atoms with Crippen LogP contribution in [0.2, 0.25) is 0 Å². The third-order valence-corrected chi connectivity index (χ3v) is 6.18. The summed E-state index contributed by atoms with van der Waals surface area (Å²) in [5, 5.41) is 14.6. The van der Waals surface area contributed by atoms with Crippen molar-refractivity contribution in [3.05, 3.63) is 59.7 Å². The third-order valence-electron chi connectivity index (χ3n) is 6.18. The molecule has 0 saturated carbocycles. The molecule has 2 aromatic carbocycles. The number of benzene rings is 2. The van der Waals surface area contributed by atoms with Crippen LogP contribution < -0.4 is 10.6 Å². The van der Waals surface area contributed by atoms with Crippen LogP contribution >= 0.6 is 0 Å². The maximum Gasteiger partial charge on any atom is 0.407 e. The topological polar surface area (TPSA) is 105 Å². The molecule has 2 unspecified atom stereocenters. The number of carbonyl (C=O) groups excluding carboxylic acids is 2. The van der Waals surface area contributed by atoms with Crippen LogP contribution in [0, 0.1) is 0 Å². The zero-order chi connectivity index (χ0) is 23.3. The number of carbonyl (C=O) groups is 3. The number of fused-ring (bicyclic) bond motifs is 3. The van der Waals surface area contributed by atoms with E-state index in [9.17, 15) is 19.5 Å². The first-order chi connectivity index (χ1) is 15.3. The first kappa shape index (κ1) is 23.3. The van der Waals surface area contributed by atoms with E-state index in [1.165, 1.54) is 6.92 Å². The van der Waals surface area contributed by atoms with Gasteiger partial charge in [0, 0.05) is 18.4 Å². The van der Waals surface area contributed by atoms with E-state index >= 15 is 0 Å². The maximum atomic E-state index is 12.5. The monoisotopic (exact) mass is 438 g/mol. The summed E-state index contributed by atoms with van der Waals surface area (Å²) >= 11 is 0. The Morgan fingerprint density at radius 2 is 1.59 bits per heavy atom. The first-order valence-corrected chi connectivity index (χ1v) is 10.9. The number of carboxylic acid groups (broad SMARTS) is 1. The molecule has 0 fully saturated rings. The van der Waals surface area contributed by atoms with E-state index in [1.54, 1.807) is 6.92 Å². The fraction of sp³-hybridized carbons (Fsp3) is 0.400. The van der Waals surface area contributed by atoms with Crippen LogP contribution in [0.25, 0.3) is 11.1 Å². The van der Waals surface area contributed by atoms with Gasteiger partial charge in [-0.25, -0.2) is 9.59 Å². The number of alkyl carbamates (subject to hydrolysis) is 1. The molecule has 0 spiro atoms. The van der Waals surface area contributed by atoms with E-state index in [0.29, 0.717) is 6.42 Å². The Morgan fingerprint density at radius 3 is 2.09 bits per heavy atom. The summed E-state index contributed by atoms with van der Waals surface area (Å²) in [6, 6.07) is 15.7. The predicted molar refractivity (Wildman–Crippen MR) is 121 cm³/mol. The number of aliphatic carboxylic acids is 1. The third kappa shape index (κ3) is 4.93. The summed E-state index contributed by atoms with van der Waals surface area (Å²) in [4.78, 5) is 36.2. The van der Waals surface area contributed by atoms with Gasteiger partial charge < -0.3 is 20.5 Å². The fourth-order valence-electron chi connectivity index (χ4n) is 3.98. The Kier molecular flexibility index (Phi) is 7.18. The Labute approximate surface area is 188 Å². The van der Waals surface area contributed by atoms with Crippen molar-refractivity contribution in [3.8, 4) is 11.1 Å². The number of amides is 2. The lowest BCUT2D eigenvalue weighted by atomic mass is 9.98. The molecule has 3 rings (SSSR count). The Bertz CT molecular complexity index is 960. The first-order valence-electron chi connectivity index (χ1n) is 10.9. The van der Waals surface area contributed by atoms with Gasteiger partial charge >= 0.3 is 12.1 Å². The van der Waals surface area contributed by atoms with Crippen LogP contribution in [0.15, 0.2) is 48.5 Å². The zero-order valence-corrected chi connectivity index (χ0v) is 18.7. The predicted octanol–water partition coefficient (Wildman–Crippen LogP) is 4.06. The van der Waals surface area contributed by atoms with Crippen LogP contribution in [-0.2, 0) is 14.3 Å². The molecule has 7 nitrogen and oxygen atoms in total. The lowest BCUT2D eigenvalue weighted by molar-refractivity contribution is -0.147. The highest BCUT2D eigenvalue weighted by Gasteiger charge is 2.33. The molecule has 0 aliphatic heterocycles. The van der Waals surface area contributed by atoms with Crippen molar-refractivity contribution in [1.82, 2.24) is 10.6 Å². The summed E-state index contributed by atoms with van der Waals surface area (Å²) in [5.41, 5.74) is 3.22. The van der Waals surface area contributed by atoms with Gasteiger partial charge in [-0.05, 0) is 42.0 Å². The number of hydrogen-bond donors (Lipinski definition) is 3. The van der Waals surface area contributed by atoms with Crippen molar-refractivity contribution in [2.45, 2.75) is 57.5 Å². The van der Waals surface area contributed by atoms with Crippen LogP contribution in [0.5, 0.6) is 0 Å². The number of nitrogens with one attached hydrogen (secondary N) is 2. The standard InChI is InChI=1S/C25H30N2O5/c1-4-16(14-22(28)27-25(3,5-2)23(29)30)26-24(31)32-15-21-19-12-8-6-10-17(19)18-11-7-9-13-20(18)21/h6-13,16,21H,4-5,14-15H2,1-3H3,(H,26,31)(H,27,28)(H,29,30). The normalized spacial score (nSPS) is 15.1. The molecule has 0 radical (unpaired) electrons. The Hall–Kier alpha value is -3.35. The number of rotatable bonds is 9. The van der Waals surface area contributed by atoms with Crippen LogP contribution in [-0.4, -0.2) is 41.3 Å². The van der Waals surface area contributed by atoms with Gasteiger partial charge in [0.15, 0.2) is 0 Å². The Balaban J connectivity index is 1.58. The maximum absolute atomic E-state index is 12.5. The minimum Gasteiger partial charge on any atom is -0.480 e. The van der Waals surface area contributed by atoms with Gasteiger partial charge in [-0.1, -0.05) is 62.4 Å². The van der Waals surface area contributed by atoms with Crippen molar-refractivity contribution < 1.29 is 24.2 Å². The molecule has 0 saturated heterocycles. The zero-order valence-electron chi connectivity index (χ0n) is 18.7. The second-order valence-corrected chi connectivity index (χ2v) is 8.32. The van der Waals surface area contributed by atoms with E-state index in [4.69, 9.17) is 4.74 Å². The smallest absolute Gasteiger partial charge is 0.407 e. The summed E-state index contributed by atoms with van der Waals surface area (Å²) in [5.74, 6) is -1.56. The largest absolute Gasteiger partial charge is 0.480 e. The van der Waals surface area contributed by atoms with E-state index in [2.05, 4.69) is 22.8 Å². The van der Waals surface area contributed by atoms with Gasteiger partial charge in [-0.2, -0.15) is 0 Å². The van der Waals surface area contributed by atoms with E-state index in [-0.39, 0.29) is 25.4 Å². The number of ether oxygens (including phenoxy) is 1. The number of hydrogen-bond acceptors (Lipinski definition) is 4. The second kappa shape index (κ2) is 9.85. The minimum absolute atomic E-state index is 0.0242. The summed E-state index contributed by atoms with van der Waals surface area (Å²) in [6.45, 7) is 5.20. The summed E-state index contributed by atoms with van der Waals surface area (Å²) in [6.07, 6.45) is 0.143. The fourth-order valence-corrected chi connectivity index (χ4v) is 3.98. The van der Waals surface area contributed by atoms with Crippen molar-refractivity contribution in [3.63, 3.8) is 0 Å². The highest BCUT2D eigenvalue weighted by Crippen LogP contribution is 2.44. The van der Waals surface area contributed by atoms with Gasteiger partial charge in [0.25, 0.3) is 0 Å². The number of carboxylic acids is 1. The van der Waals surface area contributed by atoms with Gasteiger partial charge in [0.1, 0.15) is 12.1 Å². The molecule has 2 aromatic rings. The van der Waals surface area contributed by atoms with Crippen LogP contribution in [0.1, 0.15) is 57.1 Å². The average Bonchev–Trinajstić information content (AvgIpc) is 3.10. The second-order valence-electron chi connectivity index (χ2n) is 8.32.